The second kappa shape index (κ2) is 8.60. The lowest BCUT2D eigenvalue weighted by molar-refractivity contribution is -0.137. The van der Waals surface area contributed by atoms with Gasteiger partial charge < -0.3 is 13.8 Å². The summed E-state index contributed by atoms with van der Waals surface area (Å²) in [5.41, 5.74) is -0.608. The molecule has 4 nitrogen and oxygen atoms in total. The maximum atomic E-state index is 12.8. The highest BCUT2D eigenvalue weighted by Crippen LogP contribution is 2.51. The van der Waals surface area contributed by atoms with Crippen molar-refractivity contribution in [1.29, 1.82) is 0 Å². The number of benzene rings is 2. The van der Waals surface area contributed by atoms with Gasteiger partial charge in [0.2, 0.25) is 0 Å². The third-order valence-electron chi connectivity index (χ3n) is 3.48. The Kier molecular flexibility index (Phi) is 7.11. The van der Waals surface area contributed by atoms with Crippen LogP contribution in [0.1, 0.15) is 11.1 Å². The Balaban J connectivity index is 2.36. The molecule has 0 N–H and O–H groups in total. The molecule has 0 heterocycles. The fourth-order valence-electron chi connectivity index (χ4n) is 2.09. The highest BCUT2D eigenvalue weighted by atomic mass is 35.5. The van der Waals surface area contributed by atoms with Crippen LogP contribution in [0.3, 0.4) is 0 Å². The highest BCUT2D eigenvalue weighted by molar-refractivity contribution is 7.52. The predicted octanol–water partition coefficient (Wildman–Crippen LogP) is 7.44. The molecule has 2 aromatic rings. The first-order valence-corrected chi connectivity index (χ1v) is 10.1. The maximum Gasteiger partial charge on any atom is 0.416 e. The zero-order valence-electron chi connectivity index (χ0n) is 13.9. The number of halogens is 6. The maximum absolute atomic E-state index is 12.8. The SMILES string of the molecule is COP(=O)(Cc1cc(Oc2c(Cl)cc(C(F)(F)F)cc2Cl)ccc1Cl)OC. The zero-order valence-corrected chi connectivity index (χ0v) is 17.1. The summed E-state index contributed by atoms with van der Waals surface area (Å²) in [4.78, 5) is 0. The smallest absolute Gasteiger partial charge is 0.416 e. The van der Waals surface area contributed by atoms with E-state index in [4.69, 9.17) is 48.6 Å². The van der Waals surface area contributed by atoms with E-state index in [0.717, 1.165) is 0 Å². The van der Waals surface area contributed by atoms with E-state index in [2.05, 4.69) is 0 Å². The molecule has 2 rings (SSSR count). The fourth-order valence-corrected chi connectivity index (χ4v) is 4.01. The molecule has 148 valence electrons. The third kappa shape index (κ3) is 5.53. The molecule has 0 fully saturated rings. The van der Waals surface area contributed by atoms with Gasteiger partial charge in [0.05, 0.1) is 21.8 Å². The monoisotopic (exact) mass is 462 g/mol. The van der Waals surface area contributed by atoms with Crippen LogP contribution in [0.4, 0.5) is 13.2 Å². The molecule has 0 radical (unpaired) electrons. The van der Waals surface area contributed by atoms with Gasteiger partial charge in [0.25, 0.3) is 0 Å². The van der Waals surface area contributed by atoms with E-state index in [1.165, 1.54) is 32.4 Å². The Hall–Kier alpha value is -0.950. The zero-order chi connectivity index (χ0) is 20.4. The van der Waals surface area contributed by atoms with Gasteiger partial charge in [-0.1, -0.05) is 34.8 Å². The Morgan fingerprint density at radius 3 is 2.00 bits per heavy atom. The van der Waals surface area contributed by atoms with Gasteiger partial charge in [-0.2, -0.15) is 13.2 Å². The number of hydrogen-bond donors (Lipinski definition) is 0. The van der Waals surface area contributed by atoms with Gasteiger partial charge in [-0.15, -0.1) is 0 Å². The molecule has 2 aromatic carbocycles. The number of alkyl halides is 3. The van der Waals surface area contributed by atoms with Gasteiger partial charge in [-0.3, -0.25) is 4.57 Å². The molecule has 0 amide bonds. The van der Waals surface area contributed by atoms with Crippen molar-refractivity contribution in [2.45, 2.75) is 12.3 Å². The van der Waals surface area contributed by atoms with Crippen LogP contribution in [0, 0.1) is 0 Å². The first-order chi connectivity index (χ1) is 12.5. The summed E-state index contributed by atoms with van der Waals surface area (Å²) >= 11 is 17.9. The van der Waals surface area contributed by atoms with Gasteiger partial charge in [0.15, 0.2) is 5.75 Å². The summed E-state index contributed by atoms with van der Waals surface area (Å²) in [6.45, 7) is 0. The molecule has 0 aliphatic carbocycles. The van der Waals surface area contributed by atoms with E-state index in [9.17, 15) is 17.7 Å². The molecule has 27 heavy (non-hydrogen) atoms. The summed E-state index contributed by atoms with van der Waals surface area (Å²) in [7, 11) is -0.921. The van der Waals surface area contributed by atoms with E-state index >= 15 is 0 Å². The second-order valence-electron chi connectivity index (χ2n) is 5.26. The molecule has 0 unspecified atom stereocenters. The lowest BCUT2D eigenvalue weighted by Gasteiger charge is -2.16. The normalized spacial score (nSPS) is 12.3. The standard InChI is InChI=1S/C16H13Cl3F3O4P/c1-24-27(23,25-2)8-9-5-11(3-4-12(9)17)26-15-13(18)6-10(7-14(15)19)16(20,21)22/h3-7H,8H2,1-2H3. The lowest BCUT2D eigenvalue weighted by atomic mass is 10.2. The summed E-state index contributed by atoms with van der Waals surface area (Å²) in [5.74, 6) is 0.0259. The van der Waals surface area contributed by atoms with E-state index in [-0.39, 0.29) is 32.7 Å². The Bertz CT molecular complexity index is 859. The Morgan fingerprint density at radius 2 is 1.52 bits per heavy atom. The van der Waals surface area contributed by atoms with Crippen LogP contribution >= 0.6 is 42.4 Å². The quantitative estimate of drug-likeness (QED) is 0.418. The first-order valence-electron chi connectivity index (χ1n) is 7.22. The van der Waals surface area contributed by atoms with Gasteiger partial charge in [0, 0.05) is 19.2 Å². The van der Waals surface area contributed by atoms with Crippen LogP contribution < -0.4 is 4.74 Å². The van der Waals surface area contributed by atoms with Crippen molar-refractivity contribution in [2.24, 2.45) is 0 Å². The van der Waals surface area contributed by atoms with Gasteiger partial charge in [-0.05, 0) is 35.9 Å². The highest BCUT2D eigenvalue weighted by Gasteiger charge is 2.32. The second-order valence-corrected chi connectivity index (χ2v) is 8.75. The number of hydrogen-bond acceptors (Lipinski definition) is 4. The van der Waals surface area contributed by atoms with E-state index in [1.54, 1.807) is 0 Å². The molecule has 0 spiro atoms. The van der Waals surface area contributed by atoms with Crippen LogP contribution in [0.25, 0.3) is 0 Å². The van der Waals surface area contributed by atoms with Gasteiger partial charge in [0.1, 0.15) is 5.75 Å². The van der Waals surface area contributed by atoms with Crippen LogP contribution in [0.15, 0.2) is 30.3 Å². The van der Waals surface area contributed by atoms with Crippen molar-refractivity contribution < 1.29 is 31.5 Å². The van der Waals surface area contributed by atoms with E-state index in [1.807, 2.05) is 0 Å². The molecule has 0 saturated heterocycles. The minimum Gasteiger partial charge on any atom is -0.454 e. The molecule has 0 aliphatic rings. The molecule has 0 bridgehead atoms. The van der Waals surface area contributed by atoms with Gasteiger partial charge >= 0.3 is 13.8 Å². The number of ether oxygens (including phenoxy) is 1. The van der Waals surface area contributed by atoms with E-state index < -0.39 is 19.3 Å². The Morgan fingerprint density at radius 1 is 0.963 bits per heavy atom. The van der Waals surface area contributed by atoms with Crippen LogP contribution in [0.5, 0.6) is 11.5 Å². The number of rotatable bonds is 6. The van der Waals surface area contributed by atoms with E-state index in [0.29, 0.717) is 17.7 Å². The minimum atomic E-state index is -4.60. The summed E-state index contributed by atoms with van der Waals surface area (Å²) in [6, 6.07) is 5.79. The largest absolute Gasteiger partial charge is 0.454 e. The molecule has 0 aromatic heterocycles. The van der Waals surface area contributed by atoms with Crippen molar-refractivity contribution in [2.75, 3.05) is 14.2 Å². The van der Waals surface area contributed by atoms with Crippen molar-refractivity contribution in [3.8, 4) is 11.5 Å². The Labute approximate surface area is 168 Å². The van der Waals surface area contributed by atoms with Crippen molar-refractivity contribution >= 4 is 42.4 Å². The first kappa shape index (κ1) is 22.3. The summed E-state index contributed by atoms with van der Waals surface area (Å²) in [5, 5.41) is -0.349. The summed E-state index contributed by atoms with van der Waals surface area (Å²) < 4.78 is 66.0. The molecule has 11 heteroatoms. The molecule has 0 aliphatic heterocycles. The lowest BCUT2D eigenvalue weighted by Crippen LogP contribution is -2.05. The predicted molar refractivity (Wildman–Crippen MR) is 98.3 cm³/mol. The van der Waals surface area contributed by atoms with Crippen molar-refractivity contribution in [3.63, 3.8) is 0 Å². The fraction of sp³-hybridized carbons (Fsp3) is 0.250. The molecular formula is C16H13Cl3F3O4P. The van der Waals surface area contributed by atoms with Crippen molar-refractivity contribution in [1.82, 2.24) is 0 Å². The van der Waals surface area contributed by atoms with Crippen LogP contribution in [-0.4, -0.2) is 14.2 Å². The van der Waals surface area contributed by atoms with Crippen LogP contribution in [-0.2, 0) is 26.0 Å². The average molecular weight is 464 g/mol. The minimum absolute atomic E-state index is 0.134. The van der Waals surface area contributed by atoms with Crippen molar-refractivity contribution in [3.05, 3.63) is 56.5 Å². The molecule has 0 saturated carbocycles. The van der Waals surface area contributed by atoms with Gasteiger partial charge in [-0.25, -0.2) is 0 Å². The molecule has 0 atom stereocenters. The average Bonchev–Trinajstić information content (AvgIpc) is 2.59. The topological polar surface area (TPSA) is 44.8 Å². The third-order valence-corrected chi connectivity index (χ3v) is 6.25. The van der Waals surface area contributed by atoms with Crippen LogP contribution in [0.2, 0.25) is 15.1 Å². The molecular weight excluding hydrogens is 450 g/mol. The summed E-state index contributed by atoms with van der Waals surface area (Å²) in [6.07, 6.45) is -4.73.